The highest BCUT2D eigenvalue weighted by molar-refractivity contribution is 6.31. The van der Waals surface area contributed by atoms with Gasteiger partial charge < -0.3 is 5.32 Å². The van der Waals surface area contributed by atoms with Gasteiger partial charge in [-0.05, 0) is 53.1 Å². The van der Waals surface area contributed by atoms with E-state index in [1.807, 2.05) is 24.3 Å². The van der Waals surface area contributed by atoms with Gasteiger partial charge in [-0.25, -0.2) is 14.2 Å². The second-order valence-electron chi connectivity index (χ2n) is 8.63. The Morgan fingerprint density at radius 3 is 2.78 bits per heavy atom. The van der Waals surface area contributed by atoms with E-state index < -0.39 is 11.8 Å². The maximum atomic E-state index is 13.7. The molecule has 5 nitrogen and oxygen atoms in total. The number of benzene rings is 2. The van der Waals surface area contributed by atoms with Gasteiger partial charge in [0.25, 0.3) is 0 Å². The fraction of sp³-hybridized carbons (Fsp3) is 0.185. The molecule has 36 heavy (non-hydrogen) atoms. The number of rotatable bonds is 5. The summed E-state index contributed by atoms with van der Waals surface area (Å²) in [7, 11) is 0. The molecule has 184 valence electrons. The van der Waals surface area contributed by atoms with Crippen molar-refractivity contribution in [2.45, 2.75) is 19.5 Å². The van der Waals surface area contributed by atoms with Crippen LogP contribution in [0.4, 0.5) is 13.6 Å². The number of nitrogens with one attached hydrogen (secondary N) is 1. The van der Waals surface area contributed by atoms with Crippen molar-refractivity contribution >= 4 is 46.2 Å². The minimum atomic E-state index is -0.590. The number of nitrogens with zero attached hydrogens (tertiary/aromatic N) is 3. The van der Waals surface area contributed by atoms with Gasteiger partial charge >= 0.3 is 6.03 Å². The Morgan fingerprint density at radius 1 is 1.11 bits per heavy atom. The zero-order chi connectivity index (χ0) is 25.2. The summed E-state index contributed by atoms with van der Waals surface area (Å²) in [6.07, 6.45) is 5.90. The minimum absolute atomic E-state index is 0.101. The first-order chi connectivity index (χ1) is 17.4. The van der Waals surface area contributed by atoms with Gasteiger partial charge in [0.05, 0.1) is 10.5 Å². The molecule has 1 aliphatic rings. The summed E-state index contributed by atoms with van der Waals surface area (Å²) in [5.41, 5.74) is 4.11. The number of carbonyl (C=O) groups is 1. The van der Waals surface area contributed by atoms with E-state index in [1.165, 1.54) is 18.3 Å². The summed E-state index contributed by atoms with van der Waals surface area (Å²) < 4.78 is 28.8. The molecule has 0 saturated carbocycles. The number of pyridine rings is 1. The van der Waals surface area contributed by atoms with Crippen LogP contribution in [0.3, 0.4) is 0 Å². The molecule has 2 aromatic heterocycles. The van der Waals surface area contributed by atoms with Crippen LogP contribution in [0.2, 0.25) is 10.0 Å². The molecule has 0 atom stereocenters. The molecule has 0 unspecified atom stereocenters. The van der Waals surface area contributed by atoms with Gasteiger partial charge in [0.1, 0.15) is 5.82 Å². The number of fused-ring (bicyclic) bond motifs is 3. The number of carbonyl (C=O) groups excluding carboxylic acids is 1. The van der Waals surface area contributed by atoms with Gasteiger partial charge in [0.2, 0.25) is 5.95 Å². The molecule has 2 aromatic carbocycles. The van der Waals surface area contributed by atoms with Crippen molar-refractivity contribution < 1.29 is 13.6 Å². The summed E-state index contributed by atoms with van der Waals surface area (Å²) in [5.74, 6) is -1.03. The van der Waals surface area contributed by atoms with Crippen LogP contribution >= 0.6 is 23.2 Å². The zero-order valence-electron chi connectivity index (χ0n) is 19.1. The first-order valence-electron chi connectivity index (χ1n) is 11.4. The molecule has 0 spiro atoms. The van der Waals surface area contributed by atoms with Gasteiger partial charge in [-0.2, -0.15) is 4.39 Å². The first kappa shape index (κ1) is 24.4. The SMILES string of the molecule is O=C(NCc1ccnc(F)c1)n1c2c(c3ccc(Cl)cc31)CN(CC=Cc1ccc(Cl)c(F)c1)CC2. The van der Waals surface area contributed by atoms with E-state index in [4.69, 9.17) is 23.2 Å². The van der Waals surface area contributed by atoms with Crippen molar-refractivity contribution in [2.75, 3.05) is 13.1 Å². The van der Waals surface area contributed by atoms with Gasteiger partial charge in [0, 0.05) is 54.9 Å². The summed E-state index contributed by atoms with van der Waals surface area (Å²) >= 11 is 12.0. The molecule has 0 fully saturated rings. The third kappa shape index (κ3) is 5.14. The Kier molecular flexibility index (Phi) is 7.05. The lowest BCUT2D eigenvalue weighted by Crippen LogP contribution is -2.34. The summed E-state index contributed by atoms with van der Waals surface area (Å²) in [4.78, 5) is 19.1. The summed E-state index contributed by atoms with van der Waals surface area (Å²) in [5, 5.41) is 4.49. The van der Waals surface area contributed by atoms with Crippen LogP contribution in [-0.2, 0) is 19.5 Å². The molecule has 0 saturated heterocycles. The van der Waals surface area contributed by atoms with Crippen LogP contribution in [-0.4, -0.2) is 33.6 Å². The molecule has 9 heteroatoms. The summed E-state index contributed by atoms with van der Waals surface area (Å²) in [6.45, 7) is 2.25. The number of hydrogen-bond acceptors (Lipinski definition) is 3. The Morgan fingerprint density at radius 2 is 1.97 bits per heavy atom. The molecule has 0 aliphatic carbocycles. The lowest BCUT2D eigenvalue weighted by atomic mass is 10.0. The molecule has 1 N–H and O–H groups in total. The van der Waals surface area contributed by atoms with Crippen LogP contribution in [0, 0.1) is 11.8 Å². The normalized spacial score (nSPS) is 13.9. The Hall–Kier alpha value is -3.26. The lowest BCUT2D eigenvalue weighted by Gasteiger charge is -2.27. The predicted octanol–water partition coefficient (Wildman–Crippen LogP) is 6.45. The monoisotopic (exact) mass is 526 g/mol. The minimum Gasteiger partial charge on any atom is -0.333 e. The molecule has 3 heterocycles. The van der Waals surface area contributed by atoms with Gasteiger partial charge in [0.15, 0.2) is 0 Å². The van der Waals surface area contributed by atoms with E-state index in [0.29, 0.717) is 30.1 Å². The van der Waals surface area contributed by atoms with Crippen LogP contribution in [0.25, 0.3) is 17.0 Å². The molecule has 4 aromatic rings. The van der Waals surface area contributed by atoms with Crippen molar-refractivity contribution in [3.05, 3.63) is 105 Å². The standard InChI is InChI=1S/C27H22Cl2F2N4O/c28-19-4-5-20-21-16-34(10-1-2-17-3-6-22(29)23(30)12-17)11-8-24(21)35(25(20)14-19)27(36)33-15-18-7-9-32-26(31)13-18/h1-7,9,12-14H,8,10-11,15-16H2,(H,33,36). The van der Waals surface area contributed by atoms with E-state index in [2.05, 4.69) is 15.2 Å². The third-order valence-electron chi connectivity index (χ3n) is 6.25. The summed E-state index contributed by atoms with van der Waals surface area (Å²) in [6, 6.07) is 12.9. The van der Waals surface area contributed by atoms with Crippen molar-refractivity contribution in [3.8, 4) is 0 Å². The van der Waals surface area contributed by atoms with E-state index >= 15 is 0 Å². The molecule has 0 bridgehead atoms. The quantitative estimate of drug-likeness (QED) is 0.304. The third-order valence-corrected chi connectivity index (χ3v) is 6.79. The highest BCUT2D eigenvalue weighted by atomic mass is 35.5. The van der Waals surface area contributed by atoms with E-state index in [1.54, 1.807) is 28.8 Å². The van der Waals surface area contributed by atoms with Crippen molar-refractivity contribution in [1.82, 2.24) is 19.8 Å². The van der Waals surface area contributed by atoms with E-state index in [-0.39, 0.29) is 17.6 Å². The Balaban J connectivity index is 1.36. The van der Waals surface area contributed by atoms with E-state index in [9.17, 15) is 13.6 Å². The molecule has 1 aliphatic heterocycles. The Labute approximate surface area is 216 Å². The van der Waals surface area contributed by atoms with Gasteiger partial charge in [-0.15, -0.1) is 0 Å². The van der Waals surface area contributed by atoms with Crippen molar-refractivity contribution in [3.63, 3.8) is 0 Å². The number of halogens is 4. The van der Waals surface area contributed by atoms with Crippen LogP contribution in [0.1, 0.15) is 22.4 Å². The van der Waals surface area contributed by atoms with Crippen LogP contribution in [0.15, 0.2) is 60.8 Å². The largest absolute Gasteiger partial charge is 0.333 e. The van der Waals surface area contributed by atoms with Gasteiger partial charge in [-0.3, -0.25) is 9.47 Å². The molecular formula is C27H22Cl2F2N4O. The average molecular weight is 527 g/mol. The van der Waals surface area contributed by atoms with Crippen LogP contribution in [0.5, 0.6) is 0 Å². The second-order valence-corrected chi connectivity index (χ2v) is 9.47. The number of amides is 1. The maximum absolute atomic E-state index is 13.7. The number of aromatic nitrogens is 2. The van der Waals surface area contributed by atoms with Crippen molar-refractivity contribution in [1.29, 1.82) is 0 Å². The Bertz CT molecular complexity index is 1480. The zero-order valence-corrected chi connectivity index (χ0v) is 20.7. The van der Waals surface area contributed by atoms with E-state index in [0.717, 1.165) is 34.3 Å². The van der Waals surface area contributed by atoms with Crippen LogP contribution < -0.4 is 5.32 Å². The van der Waals surface area contributed by atoms with Crippen molar-refractivity contribution in [2.24, 2.45) is 0 Å². The topological polar surface area (TPSA) is 50.2 Å². The predicted molar refractivity (Wildman–Crippen MR) is 138 cm³/mol. The molecule has 1 amide bonds. The lowest BCUT2D eigenvalue weighted by molar-refractivity contribution is 0.240. The molecular weight excluding hydrogens is 505 g/mol. The fourth-order valence-corrected chi connectivity index (χ4v) is 4.82. The fourth-order valence-electron chi connectivity index (χ4n) is 4.54. The first-order valence-corrected chi connectivity index (χ1v) is 12.2. The number of hydrogen-bond donors (Lipinski definition) is 1. The second kappa shape index (κ2) is 10.4. The maximum Gasteiger partial charge on any atom is 0.326 e. The van der Waals surface area contributed by atoms with Gasteiger partial charge in [-0.1, -0.05) is 47.5 Å². The molecule has 5 rings (SSSR count). The highest BCUT2D eigenvalue weighted by Gasteiger charge is 2.26. The molecule has 0 radical (unpaired) electrons. The smallest absolute Gasteiger partial charge is 0.326 e. The average Bonchev–Trinajstić information content (AvgIpc) is 3.17. The highest BCUT2D eigenvalue weighted by Crippen LogP contribution is 2.32.